The summed E-state index contributed by atoms with van der Waals surface area (Å²) in [5, 5.41) is 4.73. The Kier molecular flexibility index (Phi) is 3.53. The molecule has 3 nitrogen and oxygen atoms in total. The number of fused-ring (bicyclic) bond motifs is 1. The molecule has 94 valence electrons. The highest BCUT2D eigenvalue weighted by molar-refractivity contribution is 6.19. The average Bonchev–Trinajstić information content (AvgIpc) is 2.37. The van der Waals surface area contributed by atoms with Crippen LogP contribution < -0.4 is 5.32 Å². The third kappa shape index (κ3) is 2.62. The zero-order valence-electron chi connectivity index (χ0n) is 10.4. The van der Waals surface area contributed by atoms with Crippen molar-refractivity contribution in [3.8, 4) is 0 Å². The predicted molar refractivity (Wildman–Crippen MR) is 74.0 cm³/mol. The number of amides is 1. The molecule has 1 aromatic heterocycles. The minimum atomic E-state index is -0.447. The maximum absolute atomic E-state index is 12.2. The molecular formula is C14H15ClN2O. The molecule has 0 atom stereocenters. The number of halogens is 1. The van der Waals surface area contributed by atoms with Crippen LogP contribution in [0.5, 0.6) is 0 Å². The molecule has 0 spiro atoms. The van der Waals surface area contributed by atoms with Gasteiger partial charge in [0.2, 0.25) is 0 Å². The van der Waals surface area contributed by atoms with Gasteiger partial charge in [-0.15, -0.1) is 11.6 Å². The largest absolute Gasteiger partial charge is 0.345 e. The van der Waals surface area contributed by atoms with E-state index in [2.05, 4.69) is 10.3 Å². The van der Waals surface area contributed by atoms with Crippen LogP contribution in [0.2, 0.25) is 0 Å². The van der Waals surface area contributed by atoms with Gasteiger partial charge < -0.3 is 5.32 Å². The molecule has 18 heavy (non-hydrogen) atoms. The number of nitrogens with one attached hydrogen (secondary N) is 1. The maximum Gasteiger partial charge on any atom is 0.270 e. The van der Waals surface area contributed by atoms with Crippen LogP contribution in [0.1, 0.15) is 24.3 Å². The number of aromatic nitrogens is 1. The van der Waals surface area contributed by atoms with Gasteiger partial charge in [0.1, 0.15) is 5.69 Å². The molecule has 0 unspecified atom stereocenters. The molecule has 0 saturated carbocycles. The molecule has 1 N–H and O–H groups in total. The van der Waals surface area contributed by atoms with Crippen molar-refractivity contribution < 1.29 is 4.79 Å². The first-order valence-corrected chi connectivity index (χ1v) is 6.29. The number of rotatable bonds is 3. The Labute approximate surface area is 111 Å². The molecular weight excluding hydrogens is 248 g/mol. The quantitative estimate of drug-likeness (QED) is 0.864. The van der Waals surface area contributed by atoms with E-state index >= 15 is 0 Å². The summed E-state index contributed by atoms with van der Waals surface area (Å²) in [6, 6.07) is 9.57. The molecule has 2 aromatic rings. The van der Waals surface area contributed by atoms with Gasteiger partial charge in [-0.05, 0) is 25.3 Å². The summed E-state index contributed by atoms with van der Waals surface area (Å²) in [7, 11) is 0. The number of hydrogen-bond acceptors (Lipinski definition) is 2. The van der Waals surface area contributed by atoms with E-state index in [-0.39, 0.29) is 5.91 Å². The zero-order valence-corrected chi connectivity index (χ0v) is 11.2. The molecule has 0 fully saturated rings. The topological polar surface area (TPSA) is 42.0 Å². The lowest BCUT2D eigenvalue weighted by Crippen LogP contribution is -2.45. The number of benzene rings is 1. The van der Waals surface area contributed by atoms with Gasteiger partial charge in [-0.2, -0.15) is 0 Å². The van der Waals surface area contributed by atoms with Crippen LogP contribution in [-0.4, -0.2) is 22.3 Å². The normalized spacial score (nSPS) is 11.5. The van der Waals surface area contributed by atoms with Crippen molar-refractivity contribution >= 4 is 28.3 Å². The third-order valence-corrected chi connectivity index (χ3v) is 3.34. The number of alkyl halides is 1. The molecule has 1 amide bonds. The van der Waals surface area contributed by atoms with E-state index in [4.69, 9.17) is 11.6 Å². The van der Waals surface area contributed by atoms with Crippen molar-refractivity contribution in [2.45, 2.75) is 19.4 Å². The molecule has 1 aromatic carbocycles. The Bertz CT molecular complexity index is 576. The fourth-order valence-corrected chi connectivity index (χ4v) is 1.77. The minimum Gasteiger partial charge on any atom is -0.345 e. The van der Waals surface area contributed by atoms with Gasteiger partial charge in [-0.3, -0.25) is 9.78 Å². The SMILES string of the molecule is CC(C)(CCl)NC(=O)c1nccc2ccccc12. The second-order valence-electron chi connectivity index (χ2n) is 4.85. The molecule has 0 saturated heterocycles. The predicted octanol–water partition coefficient (Wildman–Crippen LogP) is 2.98. The van der Waals surface area contributed by atoms with Crippen LogP contribution in [-0.2, 0) is 0 Å². The first-order valence-electron chi connectivity index (χ1n) is 5.76. The highest BCUT2D eigenvalue weighted by Gasteiger charge is 2.21. The molecule has 0 bridgehead atoms. The number of nitrogens with zero attached hydrogens (tertiary/aromatic N) is 1. The van der Waals surface area contributed by atoms with Crippen LogP contribution >= 0.6 is 11.6 Å². The summed E-state index contributed by atoms with van der Waals surface area (Å²) in [4.78, 5) is 16.4. The Morgan fingerprint density at radius 3 is 2.78 bits per heavy atom. The first kappa shape index (κ1) is 12.8. The molecule has 0 radical (unpaired) electrons. The van der Waals surface area contributed by atoms with E-state index in [1.165, 1.54) is 0 Å². The lowest BCUT2D eigenvalue weighted by atomic mass is 10.1. The number of hydrogen-bond donors (Lipinski definition) is 1. The van der Waals surface area contributed by atoms with Gasteiger partial charge in [0.25, 0.3) is 5.91 Å². The fraction of sp³-hybridized carbons (Fsp3) is 0.286. The van der Waals surface area contributed by atoms with Gasteiger partial charge in [-0.1, -0.05) is 24.3 Å². The van der Waals surface area contributed by atoms with Gasteiger partial charge in [0.15, 0.2) is 0 Å². The first-order chi connectivity index (χ1) is 8.53. The number of carbonyl (C=O) groups is 1. The van der Waals surface area contributed by atoms with Gasteiger partial charge in [0.05, 0.1) is 0 Å². The van der Waals surface area contributed by atoms with Crippen LogP contribution in [0.25, 0.3) is 10.8 Å². The zero-order chi connectivity index (χ0) is 13.2. The molecule has 4 heteroatoms. The summed E-state index contributed by atoms with van der Waals surface area (Å²) in [6.45, 7) is 3.76. The van der Waals surface area contributed by atoms with Crippen LogP contribution in [0.4, 0.5) is 0 Å². The Morgan fingerprint density at radius 1 is 1.33 bits per heavy atom. The molecule has 0 aliphatic heterocycles. The van der Waals surface area contributed by atoms with Crippen LogP contribution in [0.3, 0.4) is 0 Å². The van der Waals surface area contributed by atoms with Gasteiger partial charge in [0, 0.05) is 23.0 Å². The third-order valence-electron chi connectivity index (χ3n) is 2.67. The summed E-state index contributed by atoms with van der Waals surface area (Å²) in [6.07, 6.45) is 1.64. The van der Waals surface area contributed by atoms with Crippen molar-refractivity contribution in [1.29, 1.82) is 0 Å². The van der Waals surface area contributed by atoms with Gasteiger partial charge in [-0.25, -0.2) is 0 Å². The fourth-order valence-electron chi connectivity index (χ4n) is 1.70. The van der Waals surface area contributed by atoms with Gasteiger partial charge >= 0.3 is 0 Å². The Balaban J connectivity index is 2.39. The second-order valence-corrected chi connectivity index (χ2v) is 5.12. The lowest BCUT2D eigenvalue weighted by molar-refractivity contribution is 0.0917. The van der Waals surface area contributed by atoms with E-state index in [0.29, 0.717) is 11.6 Å². The molecule has 1 heterocycles. The van der Waals surface area contributed by atoms with E-state index in [1.54, 1.807) is 6.20 Å². The summed E-state index contributed by atoms with van der Waals surface area (Å²) in [5.41, 5.74) is -0.0108. The van der Waals surface area contributed by atoms with E-state index in [1.807, 2.05) is 44.2 Å². The highest BCUT2D eigenvalue weighted by atomic mass is 35.5. The minimum absolute atomic E-state index is 0.197. The monoisotopic (exact) mass is 262 g/mol. The summed E-state index contributed by atoms with van der Waals surface area (Å²) >= 11 is 5.81. The average molecular weight is 263 g/mol. The van der Waals surface area contributed by atoms with Crippen LogP contribution in [0.15, 0.2) is 36.5 Å². The molecule has 2 rings (SSSR count). The number of carbonyl (C=O) groups excluding carboxylic acids is 1. The molecule has 0 aliphatic carbocycles. The maximum atomic E-state index is 12.2. The highest BCUT2D eigenvalue weighted by Crippen LogP contribution is 2.17. The van der Waals surface area contributed by atoms with Crippen LogP contribution in [0, 0.1) is 0 Å². The number of pyridine rings is 1. The molecule has 0 aliphatic rings. The van der Waals surface area contributed by atoms with Crippen molar-refractivity contribution in [2.24, 2.45) is 0 Å². The van der Waals surface area contributed by atoms with Crippen molar-refractivity contribution in [3.63, 3.8) is 0 Å². The smallest absolute Gasteiger partial charge is 0.270 e. The van der Waals surface area contributed by atoms with E-state index in [0.717, 1.165) is 10.8 Å². The Hall–Kier alpha value is -1.61. The van der Waals surface area contributed by atoms with Crippen molar-refractivity contribution in [1.82, 2.24) is 10.3 Å². The summed E-state index contributed by atoms with van der Waals surface area (Å²) in [5.74, 6) is 0.154. The van der Waals surface area contributed by atoms with E-state index < -0.39 is 5.54 Å². The standard InChI is InChI=1S/C14H15ClN2O/c1-14(2,9-15)17-13(18)12-11-6-4-3-5-10(11)7-8-16-12/h3-8H,9H2,1-2H3,(H,17,18). The Morgan fingerprint density at radius 2 is 2.06 bits per heavy atom. The lowest BCUT2D eigenvalue weighted by Gasteiger charge is -2.23. The van der Waals surface area contributed by atoms with Crippen molar-refractivity contribution in [2.75, 3.05) is 5.88 Å². The summed E-state index contributed by atoms with van der Waals surface area (Å²) < 4.78 is 0. The van der Waals surface area contributed by atoms with E-state index in [9.17, 15) is 4.79 Å². The second kappa shape index (κ2) is 4.94. The van der Waals surface area contributed by atoms with Crippen molar-refractivity contribution in [3.05, 3.63) is 42.2 Å².